The Bertz CT molecular complexity index is 306. The van der Waals surface area contributed by atoms with Gasteiger partial charge in [-0.3, -0.25) is 4.79 Å². The van der Waals surface area contributed by atoms with Crippen LogP contribution in [-0.2, 0) is 4.79 Å². The van der Waals surface area contributed by atoms with Crippen LogP contribution >= 0.6 is 0 Å². The van der Waals surface area contributed by atoms with Crippen molar-refractivity contribution in [1.29, 1.82) is 0 Å². The summed E-state index contributed by atoms with van der Waals surface area (Å²) in [6.07, 6.45) is 0. The van der Waals surface area contributed by atoms with Crippen LogP contribution in [0.1, 0.15) is 18.5 Å². The van der Waals surface area contributed by atoms with E-state index in [1.807, 2.05) is 24.3 Å². The second kappa shape index (κ2) is 4.77. The summed E-state index contributed by atoms with van der Waals surface area (Å²) in [5.41, 5.74) is 0.959. The van der Waals surface area contributed by atoms with Gasteiger partial charge in [0.25, 0.3) is 0 Å². The van der Waals surface area contributed by atoms with E-state index in [-0.39, 0.29) is 11.8 Å². The van der Waals surface area contributed by atoms with Crippen molar-refractivity contribution in [2.24, 2.45) is 0 Å². The van der Waals surface area contributed by atoms with Gasteiger partial charge in [-0.05, 0) is 31.7 Å². The number of rotatable bonds is 4. The zero-order valence-electron chi connectivity index (χ0n) is 8.70. The van der Waals surface area contributed by atoms with Gasteiger partial charge in [0.05, 0.1) is 13.2 Å². The molecule has 3 nitrogen and oxygen atoms in total. The number of methoxy groups -OCH3 is 1. The van der Waals surface area contributed by atoms with Crippen molar-refractivity contribution in [2.45, 2.75) is 13.0 Å². The van der Waals surface area contributed by atoms with E-state index < -0.39 is 0 Å². The minimum absolute atomic E-state index is 0.109. The van der Waals surface area contributed by atoms with E-state index in [1.54, 1.807) is 21.1 Å². The molecule has 1 aromatic rings. The van der Waals surface area contributed by atoms with Crippen molar-refractivity contribution >= 4 is 5.78 Å². The van der Waals surface area contributed by atoms with Crippen LogP contribution in [0.4, 0.5) is 0 Å². The van der Waals surface area contributed by atoms with Gasteiger partial charge >= 0.3 is 0 Å². The second-order valence-electron chi connectivity index (χ2n) is 3.11. The average Bonchev–Trinajstić information content (AvgIpc) is 2.19. The highest BCUT2D eigenvalue weighted by atomic mass is 16.5. The zero-order valence-corrected chi connectivity index (χ0v) is 8.70. The highest BCUT2D eigenvalue weighted by molar-refractivity contribution is 5.82. The van der Waals surface area contributed by atoms with E-state index in [0.717, 1.165) is 11.3 Å². The van der Waals surface area contributed by atoms with Crippen molar-refractivity contribution in [1.82, 2.24) is 5.32 Å². The lowest BCUT2D eigenvalue weighted by molar-refractivity contribution is -0.119. The molecule has 1 unspecified atom stereocenters. The Hall–Kier alpha value is -1.35. The molecule has 0 aliphatic heterocycles. The number of carbonyl (C=O) groups excluding carboxylic acids is 1. The minimum Gasteiger partial charge on any atom is -0.497 e. The van der Waals surface area contributed by atoms with E-state index >= 15 is 0 Å². The number of Topliss-reactive ketones (excluding diaryl/α,β-unsaturated/α-hetero) is 1. The Morgan fingerprint density at radius 3 is 2.29 bits per heavy atom. The van der Waals surface area contributed by atoms with Crippen LogP contribution in [0.15, 0.2) is 24.3 Å². The molecule has 0 bridgehead atoms. The van der Waals surface area contributed by atoms with Crippen LogP contribution in [0.3, 0.4) is 0 Å². The van der Waals surface area contributed by atoms with Crippen LogP contribution in [0, 0.1) is 0 Å². The van der Waals surface area contributed by atoms with Crippen molar-refractivity contribution < 1.29 is 9.53 Å². The molecule has 0 radical (unpaired) electrons. The van der Waals surface area contributed by atoms with Gasteiger partial charge in [0, 0.05) is 0 Å². The zero-order chi connectivity index (χ0) is 10.6. The first-order valence-corrected chi connectivity index (χ1v) is 4.50. The number of benzene rings is 1. The summed E-state index contributed by atoms with van der Waals surface area (Å²) in [6, 6.07) is 7.26. The Morgan fingerprint density at radius 2 is 1.93 bits per heavy atom. The lowest BCUT2D eigenvalue weighted by Crippen LogP contribution is -2.23. The number of ether oxygens (including phenoxy) is 1. The largest absolute Gasteiger partial charge is 0.497 e. The summed E-state index contributed by atoms with van der Waals surface area (Å²) >= 11 is 0. The van der Waals surface area contributed by atoms with Crippen molar-refractivity contribution in [3.8, 4) is 5.75 Å². The van der Waals surface area contributed by atoms with E-state index in [4.69, 9.17) is 4.74 Å². The summed E-state index contributed by atoms with van der Waals surface area (Å²) in [6.45, 7) is 1.57. The van der Waals surface area contributed by atoms with Gasteiger partial charge in [-0.2, -0.15) is 0 Å². The number of carbonyl (C=O) groups is 1. The van der Waals surface area contributed by atoms with Crippen LogP contribution in [0.2, 0.25) is 0 Å². The van der Waals surface area contributed by atoms with Crippen LogP contribution in [0.25, 0.3) is 0 Å². The standard InChI is InChI=1S/C11H15NO2/c1-8(13)11(12-2)9-4-6-10(14-3)7-5-9/h4-7,11-12H,1-3H3. The monoisotopic (exact) mass is 193 g/mol. The van der Waals surface area contributed by atoms with Gasteiger partial charge in [0.2, 0.25) is 0 Å². The smallest absolute Gasteiger partial charge is 0.151 e. The van der Waals surface area contributed by atoms with Crippen molar-refractivity contribution in [2.75, 3.05) is 14.2 Å². The molecule has 1 atom stereocenters. The van der Waals surface area contributed by atoms with Crippen molar-refractivity contribution in [3.63, 3.8) is 0 Å². The van der Waals surface area contributed by atoms with E-state index in [0.29, 0.717) is 0 Å². The number of ketones is 1. The first-order chi connectivity index (χ1) is 6.69. The van der Waals surface area contributed by atoms with Gasteiger partial charge in [0.1, 0.15) is 5.75 Å². The van der Waals surface area contributed by atoms with Gasteiger partial charge < -0.3 is 10.1 Å². The fraction of sp³-hybridized carbons (Fsp3) is 0.364. The molecule has 0 fully saturated rings. The second-order valence-corrected chi connectivity index (χ2v) is 3.11. The first kappa shape index (κ1) is 10.7. The van der Waals surface area contributed by atoms with Gasteiger partial charge in [-0.1, -0.05) is 12.1 Å². The molecule has 0 spiro atoms. The molecule has 0 aromatic heterocycles. The number of hydrogen-bond acceptors (Lipinski definition) is 3. The van der Waals surface area contributed by atoms with Crippen molar-refractivity contribution in [3.05, 3.63) is 29.8 Å². The Labute approximate surface area is 84.1 Å². The summed E-state index contributed by atoms with van der Waals surface area (Å²) in [7, 11) is 3.39. The molecule has 0 amide bonds. The molecule has 0 aliphatic rings. The molecule has 1 N–H and O–H groups in total. The maximum Gasteiger partial charge on any atom is 0.151 e. The Morgan fingerprint density at radius 1 is 1.36 bits per heavy atom. The maximum atomic E-state index is 11.2. The average molecular weight is 193 g/mol. The normalized spacial score (nSPS) is 12.2. The number of hydrogen-bond donors (Lipinski definition) is 1. The first-order valence-electron chi connectivity index (χ1n) is 4.50. The molecule has 0 saturated heterocycles. The van der Waals surface area contributed by atoms with Crippen LogP contribution < -0.4 is 10.1 Å². The molecule has 3 heteroatoms. The predicted molar refractivity (Wildman–Crippen MR) is 55.5 cm³/mol. The summed E-state index contributed by atoms with van der Waals surface area (Å²) in [5, 5.41) is 2.96. The Kier molecular flexibility index (Phi) is 3.65. The SMILES string of the molecule is CNC(C(C)=O)c1ccc(OC)cc1. The molecule has 76 valence electrons. The Balaban J connectivity index is 2.89. The van der Waals surface area contributed by atoms with E-state index in [1.165, 1.54) is 0 Å². The molecular weight excluding hydrogens is 178 g/mol. The molecule has 14 heavy (non-hydrogen) atoms. The molecule has 0 aliphatic carbocycles. The number of nitrogens with one attached hydrogen (secondary N) is 1. The van der Waals surface area contributed by atoms with Gasteiger partial charge in [0.15, 0.2) is 5.78 Å². The highest BCUT2D eigenvalue weighted by Crippen LogP contribution is 2.17. The number of likely N-dealkylation sites (N-methyl/N-ethyl adjacent to an activating group) is 1. The summed E-state index contributed by atoms with van der Waals surface area (Å²) in [4.78, 5) is 11.2. The summed E-state index contributed by atoms with van der Waals surface area (Å²) < 4.78 is 5.04. The topological polar surface area (TPSA) is 38.3 Å². The van der Waals surface area contributed by atoms with Gasteiger partial charge in [-0.25, -0.2) is 0 Å². The quantitative estimate of drug-likeness (QED) is 0.788. The molecule has 0 saturated carbocycles. The third kappa shape index (κ3) is 2.33. The predicted octanol–water partition coefficient (Wildman–Crippen LogP) is 1.54. The van der Waals surface area contributed by atoms with Crippen LogP contribution in [0.5, 0.6) is 5.75 Å². The lowest BCUT2D eigenvalue weighted by Gasteiger charge is -2.13. The molecule has 0 heterocycles. The van der Waals surface area contributed by atoms with Crippen LogP contribution in [-0.4, -0.2) is 19.9 Å². The summed E-state index contributed by atoms with van der Waals surface area (Å²) in [5.74, 6) is 0.907. The maximum absolute atomic E-state index is 11.2. The fourth-order valence-corrected chi connectivity index (χ4v) is 1.40. The third-order valence-corrected chi connectivity index (χ3v) is 2.14. The minimum atomic E-state index is -0.221. The van der Waals surface area contributed by atoms with E-state index in [9.17, 15) is 4.79 Å². The van der Waals surface area contributed by atoms with Gasteiger partial charge in [-0.15, -0.1) is 0 Å². The molecule has 1 rings (SSSR count). The highest BCUT2D eigenvalue weighted by Gasteiger charge is 2.13. The lowest BCUT2D eigenvalue weighted by atomic mass is 10.0. The molecular formula is C11H15NO2. The third-order valence-electron chi connectivity index (χ3n) is 2.14. The van der Waals surface area contributed by atoms with E-state index in [2.05, 4.69) is 5.32 Å². The molecule has 1 aromatic carbocycles. The fourth-order valence-electron chi connectivity index (χ4n) is 1.40.